The van der Waals surface area contributed by atoms with E-state index in [9.17, 15) is 0 Å². The van der Waals surface area contributed by atoms with Crippen molar-refractivity contribution in [3.8, 4) is 0 Å². The van der Waals surface area contributed by atoms with Gasteiger partial charge >= 0.3 is 0 Å². The Morgan fingerprint density at radius 1 is 1.56 bits per heavy atom. The molecule has 50 valence electrons. The number of aromatic nitrogens is 3. The molecule has 5 heteroatoms. The van der Waals surface area contributed by atoms with Gasteiger partial charge in [0.05, 0.1) is 0 Å². The Morgan fingerprint density at radius 2 is 2.22 bits per heavy atom. The van der Waals surface area contributed by atoms with Crippen LogP contribution < -0.4 is 0 Å². The van der Waals surface area contributed by atoms with Crippen LogP contribution in [0.3, 0.4) is 0 Å². The highest BCUT2D eigenvalue weighted by molar-refractivity contribution is 7.72. The average molecular weight is 161 g/mol. The maximum absolute atomic E-state index is 4.88. The van der Waals surface area contributed by atoms with Crippen LogP contribution in [0.15, 0.2) is 0 Å². The average Bonchev–Trinajstić information content (AvgIpc) is 2.10. The van der Waals surface area contributed by atoms with Crippen LogP contribution in [0.25, 0.3) is 0 Å². The molecule has 0 bridgehead atoms. The normalized spacial score (nSPS) is 9.89. The molecule has 1 rings (SSSR count). The van der Waals surface area contributed by atoms with Crippen LogP contribution in [-0.4, -0.2) is 14.8 Å². The van der Waals surface area contributed by atoms with Gasteiger partial charge in [-0.1, -0.05) is 0 Å². The predicted molar refractivity (Wildman–Crippen MR) is 40.5 cm³/mol. The second-order valence-corrected chi connectivity index (χ2v) is 2.41. The summed E-state index contributed by atoms with van der Waals surface area (Å²) in [4.78, 5) is 2.80. The van der Waals surface area contributed by atoms with Crippen molar-refractivity contribution < 1.29 is 0 Å². The van der Waals surface area contributed by atoms with Gasteiger partial charge in [-0.2, -0.15) is 0 Å². The zero-order chi connectivity index (χ0) is 6.85. The summed E-state index contributed by atoms with van der Waals surface area (Å²) in [5.41, 5.74) is 0. The molecule has 2 N–H and O–H groups in total. The summed E-state index contributed by atoms with van der Waals surface area (Å²) in [5, 5.41) is 2.87. The van der Waals surface area contributed by atoms with E-state index in [1.165, 1.54) is 0 Å². The highest BCUT2D eigenvalue weighted by Gasteiger charge is 1.86. The van der Waals surface area contributed by atoms with Crippen molar-refractivity contribution in [3.63, 3.8) is 0 Å². The molecule has 0 aliphatic carbocycles. The molecular formula is C4H7N3S2. The topological polar surface area (TPSA) is 36.5 Å². The van der Waals surface area contributed by atoms with Crippen molar-refractivity contribution in [1.82, 2.24) is 14.8 Å². The van der Waals surface area contributed by atoms with Crippen molar-refractivity contribution in [3.05, 3.63) is 9.54 Å². The van der Waals surface area contributed by atoms with Gasteiger partial charge in [0.1, 0.15) is 0 Å². The van der Waals surface area contributed by atoms with Gasteiger partial charge in [-0.05, 0) is 31.4 Å². The van der Waals surface area contributed by atoms with Gasteiger partial charge in [-0.25, -0.2) is 0 Å². The van der Waals surface area contributed by atoms with Gasteiger partial charge in [0.2, 0.25) is 0 Å². The molecule has 0 aliphatic rings. The van der Waals surface area contributed by atoms with Crippen molar-refractivity contribution in [2.75, 3.05) is 0 Å². The standard InChI is InChI=1S/C4H7N3S2/c1-2-7-4(9)5-3(8)6-7/h2H2,1H3,(H2,5,6,8,9). The molecule has 0 radical (unpaired) electrons. The lowest BCUT2D eigenvalue weighted by molar-refractivity contribution is 0.647. The van der Waals surface area contributed by atoms with Crippen LogP contribution in [0.4, 0.5) is 0 Å². The van der Waals surface area contributed by atoms with Crippen LogP contribution in [0.2, 0.25) is 0 Å². The second-order valence-electron chi connectivity index (χ2n) is 1.62. The minimum Gasteiger partial charge on any atom is -0.307 e. The first-order chi connectivity index (χ1) is 4.24. The zero-order valence-corrected chi connectivity index (χ0v) is 6.60. The van der Waals surface area contributed by atoms with E-state index in [1.807, 2.05) is 6.92 Å². The molecule has 0 atom stereocenters. The quantitative estimate of drug-likeness (QED) is 0.614. The van der Waals surface area contributed by atoms with Crippen LogP contribution in [-0.2, 0) is 6.54 Å². The van der Waals surface area contributed by atoms with Crippen LogP contribution >= 0.6 is 24.4 Å². The summed E-state index contributed by atoms with van der Waals surface area (Å²) in [6.07, 6.45) is 0. The lowest BCUT2D eigenvalue weighted by Gasteiger charge is -1.90. The Bertz CT molecular complexity index is 291. The Kier molecular flexibility index (Phi) is 1.82. The summed E-state index contributed by atoms with van der Waals surface area (Å²) >= 11 is 9.67. The number of aryl methyl sites for hydroxylation is 1. The maximum atomic E-state index is 4.88. The molecule has 3 nitrogen and oxygen atoms in total. The third-order valence-electron chi connectivity index (χ3n) is 1.02. The molecule has 9 heavy (non-hydrogen) atoms. The van der Waals surface area contributed by atoms with E-state index in [-0.39, 0.29) is 0 Å². The molecule has 0 aromatic carbocycles. The Balaban J connectivity index is 3.33. The van der Waals surface area contributed by atoms with E-state index < -0.39 is 0 Å². The van der Waals surface area contributed by atoms with Gasteiger partial charge in [0.15, 0.2) is 9.54 Å². The summed E-state index contributed by atoms with van der Waals surface area (Å²) < 4.78 is 3.02. The first-order valence-electron chi connectivity index (χ1n) is 2.63. The Labute approximate surface area is 62.7 Å². The summed E-state index contributed by atoms with van der Waals surface area (Å²) in [7, 11) is 0. The lowest BCUT2D eigenvalue weighted by atomic mass is 10.8. The van der Waals surface area contributed by atoms with E-state index in [0.29, 0.717) is 9.54 Å². The highest BCUT2D eigenvalue weighted by atomic mass is 32.1. The maximum Gasteiger partial charge on any atom is 0.194 e. The number of hydrogen-bond donors (Lipinski definition) is 2. The minimum atomic E-state index is 0.585. The SMILES string of the molecule is CCn1[nH]c(=S)[nH]c1=S. The van der Waals surface area contributed by atoms with E-state index in [1.54, 1.807) is 4.68 Å². The Morgan fingerprint density at radius 3 is 2.44 bits per heavy atom. The zero-order valence-electron chi connectivity index (χ0n) is 4.97. The third kappa shape index (κ3) is 1.28. The van der Waals surface area contributed by atoms with Crippen LogP contribution in [0.5, 0.6) is 0 Å². The van der Waals surface area contributed by atoms with Crippen LogP contribution in [0, 0.1) is 9.54 Å². The molecule has 0 fully saturated rings. The summed E-state index contributed by atoms with van der Waals surface area (Å²) in [6.45, 7) is 2.82. The molecule has 0 amide bonds. The molecule has 0 saturated carbocycles. The number of rotatable bonds is 1. The number of nitrogens with zero attached hydrogens (tertiary/aromatic N) is 1. The van der Waals surface area contributed by atoms with Gasteiger partial charge < -0.3 is 4.98 Å². The van der Waals surface area contributed by atoms with Gasteiger partial charge in [-0.15, -0.1) is 0 Å². The fraction of sp³-hybridized carbons (Fsp3) is 0.500. The van der Waals surface area contributed by atoms with Crippen LogP contribution in [0.1, 0.15) is 6.92 Å². The van der Waals surface area contributed by atoms with Crippen molar-refractivity contribution >= 4 is 24.4 Å². The largest absolute Gasteiger partial charge is 0.307 e. The van der Waals surface area contributed by atoms with Gasteiger partial charge in [0, 0.05) is 6.54 Å². The fourth-order valence-electron chi connectivity index (χ4n) is 0.589. The first kappa shape index (κ1) is 6.70. The van der Waals surface area contributed by atoms with Crippen molar-refractivity contribution in [2.45, 2.75) is 13.5 Å². The third-order valence-corrected chi connectivity index (χ3v) is 1.53. The summed E-state index contributed by atoms with van der Waals surface area (Å²) in [5.74, 6) is 0. The number of nitrogens with one attached hydrogen (secondary N) is 2. The van der Waals surface area contributed by atoms with Crippen molar-refractivity contribution in [2.24, 2.45) is 0 Å². The smallest absolute Gasteiger partial charge is 0.194 e. The highest BCUT2D eigenvalue weighted by Crippen LogP contribution is 1.85. The van der Waals surface area contributed by atoms with E-state index >= 15 is 0 Å². The molecule has 1 aromatic heterocycles. The minimum absolute atomic E-state index is 0.585. The van der Waals surface area contributed by atoms with E-state index in [2.05, 4.69) is 10.1 Å². The molecule has 1 aromatic rings. The molecular weight excluding hydrogens is 154 g/mol. The second kappa shape index (κ2) is 2.45. The predicted octanol–water partition coefficient (Wildman–Crippen LogP) is 1.62. The first-order valence-corrected chi connectivity index (χ1v) is 3.45. The lowest BCUT2D eigenvalue weighted by Crippen LogP contribution is -1.94. The van der Waals surface area contributed by atoms with Crippen molar-refractivity contribution in [1.29, 1.82) is 0 Å². The number of H-pyrrole nitrogens is 2. The Hall–Kier alpha value is -0.420. The van der Waals surface area contributed by atoms with Gasteiger partial charge in [0.25, 0.3) is 0 Å². The molecule has 0 aliphatic heterocycles. The van der Waals surface area contributed by atoms with E-state index in [0.717, 1.165) is 6.54 Å². The number of hydrogen-bond acceptors (Lipinski definition) is 2. The number of aromatic amines is 2. The molecule has 0 unspecified atom stereocenters. The van der Waals surface area contributed by atoms with E-state index in [4.69, 9.17) is 24.4 Å². The molecule has 0 saturated heterocycles. The molecule has 0 spiro atoms. The summed E-state index contributed by atoms with van der Waals surface area (Å²) in [6, 6.07) is 0. The monoisotopic (exact) mass is 161 g/mol. The van der Waals surface area contributed by atoms with Gasteiger partial charge in [-0.3, -0.25) is 9.78 Å². The fourth-order valence-corrected chi connectivity index (χ4v) is 1.14. The molecule has 1 heterocycles.